The van der Waals surface area contributed by atoms with Gasteiger partial charge in [0.1, 0.15) is 23.0 Å². The van der Waals surface area contributed by atoms with Gasteiger partial charge < -0.3 is 18.9 Å². The molecule has 3 aromatic rings. The second-order valence-electron chi connectivity index (χ2n) is 8.61. The van der Waals surface area contributed by atoms with Crippen LogP contribution < -0.4 is 14.2 Å². The highest BCUT2D eigenvalue weighted by Gasteiger charge is 2.54. The van der Waals surface area contributed by atoms with Crippen molar-refractivity contribution in [3.05, 3.63) is 77.9 Å². The van der Waals surface area contributed by atoms with E-state index in [9.17, 15) is 4.79 Å². The Bertz CT molecular complexity index is 1220. The van der Waals surface area contributed by atoms with Crippen LogP contribution >= 0.6 is 45.2 Å². The molecule has 0 aliphatic carbocycles. The number of halogens is 2. The lowest BCUT2D eigenvalue weighted by Gasteiger charge is -2.37. The molecular formula is C26H22I2O5. The molecule has 0 bridgehead atoms. The van der Waals surface area contributed by atoms with Crippen molar-refractivity contribution in [2.75, 3.05) is 0 Å². The van der Waals surface area contributed by atoms with E-state index in [4.69, 9.17) is 18.9 Å². The van der Waals surface area contributed by atoms with Crippen LogP contribution in [0.15, 0.2) is 48.5 Å². The van der Waals surface area contributed by atoms with Crippen molar-refractivity contribution in [1.29, 1.82) is 0 Å². The summed E-state index contributed by atoms with van der Waals surface area (Å²) in [5.74, 6) is 2.30. The highest BCUT2D eigenvalue weighted by Crippen LogP contribution is 2.58. The maximum atomic E-state index is 13.0. The van der Waals surface area contributed by atoms with Gasteiger partial charge in [-0.15, -0.1) is 0 Å². The largest absolute Gasteiger partial charge is 0.490 e. The van der Waals surface area contributed by atoms with Crippen LogP contribution in [-0.2, 0) is 10.3 Å². The fourth-order valence-corrected chi connectivity index (χ4v) is 5.55. The van der Waals surface area contributed by atoms with Crippen LogP contribution in [0.4, 0.5) is 0 Å². The Hall–Kier alpha value is -2.01. The molecule has 0 fully saturated rings. The van der Waals surface area contributed by atoms with Crippen LogP contribution in [0.5, 0.6) is 23.0 Å². The predicted octanol–water partition coefficient (Wildman–Crippen LogP) is 7.04. The standard InChI is InChI=1S/C26H22I2O5/c1-13(2)30-23-11-21-17(9-19(23)27)26(16-8-6-5-7-15(16)25(29)33-26)18-10-20(28)24(31-14(3)4)12-22(18)32-21/h5-14H,1-4H3. The maximum absolute atomic E-state index is 13.0. The van der Waals surface area contributed by atoms with Crippen LogP contribution in [0, 0.1) is 7.14 Å². The highest BCUT2D eigenvalue weighted by molar-refractivity contribution is 14.1. The fourth-order valence-electron chi connectivity index (χ4n) is 4.36. The van der Waals surface area contributed by atoms with Gasteiger partial charge in [-0.25, -0.2) is 4.79 Å². The third-order valence-corrected chi connectivity index (χ3v) is 7.23. The lowest BCUT2D eigenvalue weighted by Crippen LogP contribution is -2.33. The third kappa shape index (κ3) is 3.67. The van der Waals surface area contributed by atoms with Crippen LogP contribution in [0.1, 0.15) is 54.7 Å². The molecule has 0 saturated carbocycles. The van der Waals surface area contributed by atoms with Gasteiger partial charge in [-0.2, -0.15) is 0 Å². The molecule has 0 atom stereocenters. The van der Waals surface area contributed by atoms with E-state index in [1.807, 2.05) is 76.2 Å². The SMILES string of the molecule is CC(C)Oc1cc2c(cc1I)C1(OC(=O)c3ccccc31)c1cc(I)c(OC(C)C)cc1O2. The molecule has 2 aliphatic heterocycles. The first kappa shape index (κ1) is 22.8. The van der Waals surface area contributed by atoms with E-state index >= 15 is 0 Å². The lowest BCUT2D eigenvalue weighted by atomic mass is 9.77. The zero-order chi connectivity index (χ0) is 23.5. The zero-order valence-electron chi connectivity index (χ0n) is 18.6. The van der Waals surface area contributed by atoms with Gasteiger partial charge in [0.25, 0.3) is 0 Å². The minimum atomic E-state index is -1.11. The summed E-state index contributed by atoms with van der Waals surface area (Å²) in [5.41, 5.74) is 1.82. The number of benzene rings is 3. The zero-order valence-corrected chi connectivity index (χ0v) is 22.9. The molecule has 2 heterocycles. The van der Waals surface area contributed by atoms with Crippen LogP contribution in [0.25, 0.3) is 0 Å². The molecule has 0 radical (unpaired) electrons. The summed E-state index contributed by atoms with van der Waals surface area (Å²) >= 11 is 4.51. The van der Waals surface area contributed by atoms with E-state index in [0.29, 0.717) is 17.1 Å². The molecule has 33 heavy (non-hydrogen) atoms. The van der Waals surface area contributed by atoms with Gasteiger partial charge in [0.05, 0.1) is 24.9 Å². The second kappa shape index (κ2) is 8.33. The quantitative estimate of drug-likeness (QED) is 0.221. The van der Waals surface area contributed by atoms with Crippen molar-refractivity contribution in [2.24, 2.45) is 0 Å². The number of esters is 1. The number of hydrogen-bond donors (Lipinski definition) is 0. The molecule has 0 saturated heterocycles. The Balaban J connectivity index is 1.81. The molecular weight excluding hydrogens is 646 g/mol. The van der Waals surface area contributed by atoms with Gasteiger partial charge in [0.2, 0.25) is 0 Å². The first-order valence-corrected chi connectivity index (χ1v) is 12.9. The number of carbonyl (C=O) groups excluding carboxylic acids is 1. The minimum absolute atomic E-state index is 0.0130. The van der Waals surface area contributed by atoms with Gasteiger partial charge >= 0.3 is 5.97 Å². The Labute approximate surface area is 220 Å². The monoisotopic (exact) mass is 668 g/mol. The van der Waals surface area contributed by atoms with Crippen molar-refractivity contribution >= 4 is 51.2 Å². The highest BCUT2D eigenvalue weighted by atomic mass is 127. The molecule has 0 aromatic heterocycles. The average molecular weight is 668 g/mol. The number of hydrogen-bond acceptors (Lipinski definition) is 5. The molecule has 0 unspecified atom stereocenters. The van der Waals surface area contributed by atoms with Crippen molar-refractivity contribution < 1.29 is 23.7 Å². The van der Waals surface area contributed by atoms with Gasteiger partial charge in [-0.05, 0) is 91.1 Å². The van der Waals surface area contributed by atoms with E-state index in [1.54, 1.807) is 0 Å². The van der Waals surface area contributed by atoms with Crippen LogP contribution in [0.3, 0.4) is 0 Å². The molecule has 5 rings (SSSR count). The van der Waals surface area contributed by atoms with E-state index in [1.165, 1.54) is 0 Å². The first-order valence-electron chi connectivity index (χ1n) is 10.7. The first-order chi connectivity index (χ1) is 15.7. The van der Waals surface area contributed by atoms with Crippen molar-refractivity contribution in [2.45, 2.75) is 45.5 Å². The summed E-state index contributed by atoms with van der Waals surface area (Å²) in [6, 6.07) is 15.3. The van der Waals surface area contributed by atoms with E-state index in [2.05, 4.69) is 45.2 Å². The Morgan fingerprint density at radius 3 is 1.82 bits per heavy atom. The third-order valence-electron chi connectivity index (χ3n) is 5.54. The summed E-state index contributed by atoms with van der Waals surface area (Å²) in [6.07, 6.45) is 0.0260. The molecule has 7 heteroatoms. The van der Waals surface area contributed by atoms with Crippen molar-refractivity contribution in [3.8, 4) is 23.0 Å². The minimum Gasteiger partial charge on any atom is -0.490 e. The van der Waals surface area contributed by atoms with Gasteiger partial charge in [-0.3, -0.25) is 0 Å². The number of rotatable bonds is 4. The normalized spacial score (nSPS) is 15.1. The summed E-state index contributed by atoms with van der Waals surface area (Å²) in [6.45, 7) is 7.94. The van der Waals surface area contributed by atoms with Crippen molar-refractivity contribution in [1.82, 2.24) is 0 Å². The Kier molecular flexibility index (Phi) is 5.75. The van der Waals surface area contributed by atoms with E-state index in [-0.39, 0.29) is 18.2 Å². The summed E-state index contributed by atoms with van der Waals surface area (Å²) in [5, 5.41) is 0. The number of fused-ring (bicyclic) bond motifs is 6. The van der Waals surface area contributed by atoms with E-state index < -0.39 is 5.60 Å². The molecule has 170 valence electrons. The topological polar surface area (TPSA) is 54.0 Å². The molecule has 5 nitrogen and oxygen atoms in total. The maximum Gasteiger partial charge on any atom is 0.340 e. The predicted molar refractivity (Wildman–Crippen MR) is 142 cm³/mol. The average Bonchev–Trinajstić information content (AvgIpc) is 3.04. The molecule has 3 aromatic carbocycles. The number of ether oxygens (including phenoxy) is 4. The summed E-state index contributed by atoms with van der Waals surface area (Å²) in [4.78, 5) is 13.0. The molecule has 2 aliphatic rings. The lowest BCUT2D eigenvalue weighted by molar-refractivity contribution is 0.0223. The molecule has 0 N–H and O–H groups in total. The molecule has 1 spiro atoms. The van der Waals surface area contributed by atoms with Gasteiger partial charge in [0.15, 0.2) is 5.60 Å². The number of carbonyl (C=O) groups is 1. The molecule has 0 amide bonds. The smallest absolute Gasteiger partial charge is 0.340 e. The van der Waals surface area contributed by atoms with E-state index in [0.717, 1.165) is 35.3 Å². The van der Waals surface area contributed by atoms with Crippen LogP contribution in [0.2, 0.25) is 0 Å². The van der Waals surface area contributed by atoms with Crippen LogP contribution in [-0.4, -0.2) is 18.2 Å². The van der Waals surface area contributed by atoms with Gasteiger partial charge in [0, 0.05) is 28.8 Å². The Morgan fingerprint density at radius 2 is 1.30 bits per heavy atom. The van der Waals surface area contributed by atoms with Gasteiger partial charge in [-0.1, -0.05) is 18.2 Å². The Morgan fingerprint density at radius 1 is 0.788 bits per heavy atom. The summed E-state index contributed by atoms with van der Waals surface area (Å²) in [7, 11) is 0. The second-order valence-corrected chi connectivity index (χ2v) is 10.9. The summed E-state index contributed by atoms with van der Waals surface area (Å²) < 4.78 is 26.5. The van der Waals surface area contributed by atoms with Crippen molar-refractivity contribution in [3.63, 3.8) is 0 Å². The fraction of sp³-hybridized carbons (Fsp3) is 0.269.